The monoisotopic (exact) mass is 820 g/mol. The standard InChI is InChI=1S/C19H21N2.C18H33P.C7H6.2ClH.Ru/c1-16(18-9-5-3-6-10-18)20-13-14-21(15-20)17(2)19-11-7-4-8-12-19;1-4-10-16(11-5-1)19(17-12-6-2-7-13-17)18-14-8-3-9-15-18;1-7-5-3-2-4-6-7;;;/h3-17H,1-2H3;16-18H,1-15H2;1-6H;2*1H;/q-1;;;;;+2/p-1/t16-,17+;;;;;. The molecule has 0 spiro atoms. The van der Waals surface area contributed by atoms with E-state index in [4.69, 9.17) is 19.4 Å². The van der Waals surface area contributed by atoms with Gasteiger partial charge in [0.1, 0.15) is 0 Å². The molecule has 274 valence electrons. The summed E-state index contributed by atoms with van der Waals surface area (Å²) in [5.41, 5.74) is 7.45. The first kappa shape index (κ1) is 39.7. The zero-order valence-electron chi connectivity index (χ0n) is 30.5. The van der Waals surface area contributed by atoms with E-state index in [2.05, 4.69) is 103 Å². The van der Waals surface area contributed by atoms with Gasteiger partial charge in [0.15, 0.2) is 0 Å². The third kappa shape index (κ3) is 12.6. The molecule has 6 heteroatoms. The number of halogens is 2. The van der Waals surface area contributed by atoms with Gasteiger partial charge in [-0.3, -0.25) is 0 Å². The van der Waals surface area contributed by atoms with Gasteiger partial charge in [0, 0.05) is 20.0 Å². The Morgan fingerprint density at radius 1 is 0.560 bits per heavy atom. The third-order valence-electron chi connectivity index (χ3n) is 11.4. The molecule has 4 aliphatic rings. The van der Waals surface area contributed by atoms with E-state index in [9.17, 15) is 0 Å². The van der Waals surface area contributed by atoms with Crippen LogP contribution in [0.4, 0.5) is 0 Å². The van der Waals surface area contributed by atoms with Crippen molar-refractivity contribution in [1.29, 1.82) is 0 Å². The molecule has 3 saturated carbocycles. The first-order valence-corrected chi connectivity index (χ1v) is 26.6. The van der Waals surface area contributed by atoms with Gasteiger partial charge in [-0.25, -0.2) is 0 Å². The second kappa shape index (κ2) is 21.9. The predicted molar refractivity (Wildman–Crippen MR) is 219 cm³/mol. The Labute approximate surface area is 319 Å². The van der Waals surface area contributed by atoms with Crippen molar-refractivity contribution >= 4 is 31.9 Å². The SMILES string of the molecule is C1CCC([PH+](C2CCCCC2)C2CCCCC2)CC1.C[C@H](c1ccccc1)N1C=CN([C@@H](C)c2ccccc2)[CH-]1.[Cl][Ru]([Cl])=[CH]c1ccccc1. The first-order chi connectivity index (χ1) is 24.5. The topological polar surface area (TPSA) is 6.48 Å². The molecule has 1 aliphatic heterocycles. The number of rotatable bonds is 8. The van der Waals surface area contributed by atoms with E-state index in [1.165, 1.54) is 28.1 Å². The molecule has 0 bridgehead atoms. The van der Waals surface area contributed by atoms with E-state index in [1.54, 1.807) is 96.3 Å². The Morgan fingerprint density at radius 3 is 1.24 bits per heavy atom. The summed E-state index contributed by atoms with van der Waals surface area (Å²) in [6, 6.07) is 31.8. The van der Waals surface area contributed by atoms with E-state index < -0.39 is 13.5 Å². The molecular weight excluding hydrogens is 759 g/mol. The van der Waals surface area contributed by atoms with Crippen LogP contribution in [0, 0.1) is 6.67 Å². The fraction of sp³-hybridized carbons (Fsp3) is 0.500. The summed E-state index contributed by atoms with van der Waals surface area (Å²) >= 11 is -1.61. The molecule has 2 atom stereocenters. The van der Waals surface area contributed by atoms with Crippen molar-refractivity contribution in [2.75, 3.05) is 0 Å². The van der Waals surface area contributed by atoms with Crippen LogP contribution in [-0.2, 0) is 13.5 Å². The summed E-state index contributed by atoms with van der Waals surface area (Å²) in [4.78, 5) is 4.52. The molecule has 0 unspecified atom stereocenters. The molecular formula is C44H61Cl2N2PRu. The Kier molecular flexibility index (Phi) is 17.4. The van der Waals surface area contributed by atoms with Crippen molar-refractivity contribution < 1.29 is 13.5 Å². The van der Waals surface area contributed by atoms with E-state index in [0.29, 0.717) is 12.1 Å². The van der Waals surface area contributed by atoms with Crippen LogP contribution < -0.4 is 0 Å². The van der Waals surface area contributed by atoms with Gasteiger partial charge in [-0.05, 0) is 114 Å². The first-order valence-electron chi connectivity index (χ1n) is 19.4. The van der Waals surface area contributed by atoms with Gasteiger partial charge in [0.25, 0.3) is 0 Å². The van der Waals surface area contributed by atoms with Crippen molar-refractivity contribution in [3.8, 4) is 0 Å². The number of hydrogen-bond donors (Lipinski definition) is 0. The van der Waals surface area contributed by atoms with Gasteiger partial charge in [0.05, 0.1) is 17.0 Å². The minimum atomic E-state index is -1.61. The Morgan fingerprint density at radius 2 is 0.900 bits per heavy atom. The van der Waals surface area contributed by atoms with Gasteiger partial charge in [0.2, 0.25) is 0 Å². The molecule has 3 fully saturated rings. The summed E-state index contributed by atoms with van der Waals surface area (Å²) in [5, 5.41) is 0. The summed E-state index contributed by atoms with van der Waals surface area (Å²) < 4.78 is 1.92. The van der Waals surface area contributed by atoms with Gasteiger partial charge >= 0.3 is 73.4 Å². The van der Waals surface area contributed by atoms with E-state index in [0.717, 1.165) is 5.56 Å². The van der Waals surface area contributed by atoms with Crippen molar-refractivity contribution in [2.45, 2.75) is 139 Å². The molecule has 2 nitrogen and oxygen atoms in total. The third-order valence-corrected chi connectivity index (χ3v) is 17.8. The average Bonchev–Trinajstić information content (AvgIpc) is 3.68. The van der Waals surface area contributed by atoms with Gasteiger partial charge in [-0.1, -0.05) is 79.9 Å². The zero-order valence-corrected chi connectivity index (χ0v) is 34.7. The Bertz CT molecular complexity index is 1300. The van der Waals surface area contributed by atoms with E-state index in [1.807, 2.05) is 34.9 Å². The van der Waals surface area contributed by atoms with Crippen LogP contribution in [0.1, 0.15) is 139 Å². The van der Waals surface area contributed by atoms with E-state index >= 15 is 0 Å². The molecule has 7 rings (SSSR count). The van der Waals surface area contributed by atoms with Crippen LogP contribution in [0.5, 0.6) is 0 Å². The molecule has 50 heavy (non-hydrogen) atoms. The molecule has 0 N–H and O–H groups in total. The average molecular weight is 821 g/mol. The fourth-order valence-electron chi connectivity index (χ4n) is 8.57. The normalized spacial score (nSPS) is 20.3. The van der Waals surface area contributed by atoms with Crippen LogP contribution in [0.3, 0.4) is 0 Å². The minimum absolute atomic E-state index is 0.0465. The predicted octanol–water partition coefficient (Wildman–Crippen LogP) is 13.7. The van der Waals surface area contributed by atoms with Gasteiger partial charge < -0.3 is 9.80 Å². The van der Waals surface area contributed by atoms with Crippen LogP contribution in [0.25, 0.3) is 0 Å². The fourth-order valence-corrected chi connectivity index (χ4v) is 15.6. The molecule has 0 radical (unpaired) electrons. The zero-order chi connectivity index (χ0) is 35.0. The molecule has 3 aromatic carbocycles. The van der Waals surface area contributed by atoms with Crippen LogP contribution >= 0.6 is 27.3 Å². The maximum atomic E-state index is 5.67. The quantitative estimate of drug-likeness (QED) is 0.127. The molecule has 0 aromatic heterocycles. The van der Waals surface area contributed by atoms with Crippen LogP contribution in [0.15, 0.2) is 103 Å². The summed E-state index contributed by atoms with van der Waals surface area (Å²) in [6.07, 6.45) is 28.1. The van der Waals surface area contributed by atoms with Crippen molar-refractivity contribution in [3.63, 3.8) is 0 Å². The van der Waals surface area contributed by atoms with Crippen LogP contribution in [0.2, 0.25) is 0 Å². The number of hydrogen-bond acceptors (Lipinski definition) is 2. The molecule has 3 aromatic rings. The second-order valence-corrected chi connectivity index (χ2v) is 23.9. The number of benzene rings is 3. The summed E-state index contributed by atoms with van der Waals surface area (Å²) in [6.45, 7) is 6.65. The van der Waals surface area contributed by atoms with Crippen molar-refractivity contribution in [2.24, 2.45) is 0 Å². The van der Waals surface area contributed by atoms with Crippen molar-refractivity contribution in [3.05, 3.63) is 127 Å². The Balaban J connectivity index is 0.000000155. The van der Waals surface area contributed by atoms with Gasteiger partial charge in [-0.15, -0.1) is 0 Å². The molecule has 0 amide bonds. The van der Waals surface area contributed by atoms with E-state index in [-0.39, 0.29) is 7.92 Å². The molecule has 0 saturated heterocycles. The molecule has 1 heterocycles. The number of nitrogens with zero attached hydrogens (tertiary/aromatic N) is 2. The maximum absolute atomic E-state index is 5.67. The Hall–Kier alpha value is -1.50. The van der Waals surface area contributed by atoms with Crippen LogP contribution in [-0.4, -0.2) is 31.4 Å². The van der Waals surface area contributed by atoms with Gasteiger partial charge in [-0.2, -0.15) is 6.67 Å². The van der Waals surface area contributed by atoms with Crippen molar-refractivity contribution in [1.82, 2.24) is 9.80 Å². The summed E-state index contributed by atoms with van der Waals surface area (Å²) in [7, 11) is 11.3. The summed E-state index contributed by atoms with van der Waals surface area (Å²) in [5.74, 6) is 0. The second-order valence-electron chi connectivity index (χ2n) is 14.7. The molecule has 3 aliphatic carbocycles.